The van der Waals surface area contributed by atoms with Gasteiger partial charge in [-0.1, -0.05) is 0 Å². The van der Waals surface area contributed by atoms with Crippen LogP contribution in [0.5, 0.6) is 0 Å². The summed E-state index contributed by atoms with van der Waals surface area (Å²) in [6.07, 6.45) is -0.110. The van der Waals surface area contributed by atoms with E-state index >= 15 is 0 Å². The molecule has 0 amide bonds. The number of rotatable bonds is 3. The molecule has 0 aliphatic rings. The minimum atomic E-state index is -0.548. The van der Waals surface area contributed by atoms with E-state index in [4.69, 9.17) is 0 Å². The number of carbonyl (C=O) groups excluding carboxylic acids is 1. The van der Waals surface area contributed by atoms with E-state index in [-0.39, 0.29) is 17.8 Å². The lowest BCUT2D eigenvalue weighted by Gasteiger charge is -2.03. The Morgan fingerprint density at radius 3 is 2.71 bits per heavy atom. The van der Waals surface area contributed by atoms with Gasteiger partial charge in [0.05, 0.1) is 0 Å². The van der Waals surface area contributed by atoms with Crippen LogP contribution in [0, 0.1) is 18.6 Å². The first-order valence-electron chi connectivity index (χ1n) is 5.08. The number of hydrogen-bond acceptors (Lipinski definition) is 2. The molecule has 0 saturated heterocycles. The molecule has 1 aromatic carbocycles. The summed E-state index contributed by atoms with van der Waals surface area (Å²) in [4.78, 5) is 11.9. The lowest BCUT2D eigenvalue weighted by atomic mass is 10.0. The average Bonchev–Trinajstić information content (AvgIpc) is 2.70. The number of hydrogen-bond donors (Lipinski definition) is 0. The van der Waals surface area contributed by atoms with Gasteiger partial charge in [0.15, 0.2) is 5.78 Å². The Morgan fingerprint density at radius 1 is 1.29 bits per heavy atom. The van der Waals surface area contributed by atoms with Gasteiger partial charge in [-0.05, 0) is 41.6 Å². The largest absolute Gasteiger partial charge is 0.294 e. The van der Waals surface area contributed by atoms with Crippen LogP contribution in [0.25, 0.3) is 0 Å². The van der Waals surface area contributed by atoms with Gasteiger partial charge in [-0.3, -0.25) is 4.79 Å². The van der Waals surface area contributed by atoms with Crippen LogP contribution < -0.4 is 0 Å². The van der Waals surface area contributed by atoms with Gasteiger partial charge in [0.1, 0.15) is 11.6 Å². The molecular weight excluding hydrogens is 242 g/mol. The van der Waals surface area contributed by atoms with E-state index in [2.05, 4.69) is 0 Å². The highest BCUT2D eigenvalue weighted by atomic mass is 32.1. The molecule has 2 aromatic rings. The van der Waals surface area contributed by atoms with E-state index in [1.54, 1.807) is 5.38 Å². The molecule has 4 heteroatoms. The number of Topliss-reactive ketones (excluding diaryl/α,β-unsaturated/α-hetero) is 1. The van der Waals surface area contributed by atoms with E-state index in [1.165, 1.54) is 11.3 Å². The molecule has 0 aliphatic heterocycles. The first-order chi connectivity index (χ1) is 8.08. The molecule has 0 radical (unpaired) electrons. The molecule has 0 atom stereocenters. The van der Waals surface area contributed by atoms with Gasteiger partial charge in [-0.15, -0.1) is 0 Å². The van der Waals surface area contributed by atoms with Crippen molar-refractivity contribution >= 4 is 17.1 Å². The molecule has 0 fully saturated rings. The average molecular weight is 252 g/mol. The molecule has 1 nitrogen and oxygen atoms in total. The second-order valence-corrected chi connectivity index (χ2v) is 4.55. The highest BCUT2D eigenvalue weighted by Crippen LogP contribution is 2.18. The van der Waals surface area contributed by atoms with Crippen molar-refractivity contribution in [2.24, 2.45) is 0 Å². The Balaban J connectivity index is 2.24. The van der Waals surface area contributed by atoms with Crippen molar-refractivity contribution in [2.45, 2.75) is 13.3 Å². The first kappa shape index (κ1) is 11.9. The van der Waals surface area contributed by atoms with Gasteiger partial charge in [-0.2, -0.15) is 11.3 Å². The molecule has 0 bridgehead atoms. The van der Waals surface area contributed by atoms with Gasteiger partial charge in [-0.25, -0.2) is 8.78 Å². The summed E-state index contributed by atoms with van der Waals surface area (Å²) in [6.45, 7) is 1.83. The fraction of sp³-hybridized carbons (Fsp3) is 0.154. The van der Waals surface area contributed by atoms with Gasteiger partial charge in [0, 0.05) is 17.4 Å². The minimum absolute atomic E-state index is 0.0978. The standard InChI is InChI=1S/C13H10F2OS/c1-8-6-17-7-11(8)13(16)5-9-4-10(14)2-3-12(9)15/h2-4,6-7H,5H2,1H3. The summed E-state index contributed by atoms with van der Waals surface area (Å²) in [5.74, 6) is -1.27. The predicted octanol–water partition coefficient (Wildman–Crippen LogP) is 3.76. The maximum absolute atomic E-state index is 13.4. The van der Waals surface area contributed by atoms with Crippen molar-refractivity contribution < 1.29 is 13.6 Å². The third kappa shape index (κ3) is 2.58. The number of thiophene rings is 1. The zero-order chi connectivity index (χ0) is 12.4. The number of benzene rings is 1. The SMILES string of the molecule is Cc1cscc1C(=O)Cc1cc(F)ccc1F. The van der Waals surface area contributed by atoms with Crippen LogP contribution in [0.3, 0.4) is 0 Å². The summed E-state index contributed by atoms with van der Waals surface area (Å²) in [6, 6.07) is 3.15. The fourth-order valence-electron chi connectivity index (χ4n) is 1.59. The number of ketones is 1. The van der Waals surface area contributed by atoms with Gasteiger partial charge in [0.2, 0.25) is 0 Å². The second kappa shape index (κ2) is 4.75. The van der Waals surface area contributed by atoms with Crippen LogP contribution in [0.2, 0.25) is 0 Å². The Bertz CT molecular complexity index is 560. The van der Waals surface area contributed by atoms with Gasteiger partial charge in [0.25, 0.3) is 0 Å². The third-order valence-electron chi connectivity index (χ3n) is 2.51. The zero-order valence-corrected chi connectivity index (χ0v) is 9.98. The Morgan fingerprint density at radius 2 is 2.06 bits per heavy atom. The topological polar surface area (TPSA) is 17.1 Å². The minimum Gasteiger partial charge on any atom is -0.294 e. The Hall–Kier alpha value is -1.55. The van der Waals surface area contributed by atoms with Crippen LogP contribution in [0.4, 0.5) is 8.78 Å². The molecule has 0 aliphatic carbocycles. The fourth-order valence-corrected chi connectivity index (χ4v) is 2.45. The van der Waals surface area contributed by atoms with Crippen LogP contribution in [0.1, 0.15) is 21.5 Å². The van der Waals surface area contributed by atoms with E-state index in [1.807, 2.05) is 12.3 Å². The monoisotopic (exact) mass is 252 g/mol. The number of halogens is 2. The highest BCUT2D eigenvalue weighted by molar-refractivity contribution is 7.08. The molecule has 0 N–H and O–H groups in total. The summed E-state index contributed by atoms with van der Waals surface area (Å²) in [5.41, 5.74) is 1.55. The van der Waals surface area contributed by atoms with Crippen molar-refractivity contribution in [3.05, 3.63) is 57.3 Å². The molecule has 0 saturated carbocycles. The molecule has 1 aromatic heterocycles. The summed E-state index contributed by atoms with van der Waals surface area (Å²) >= 11 is 1.42. The Kier molecular flexibility index (Phi) is 3.33. The molecule has 1 heterocycles. The molecule has 2 rings (SSSR count). The van der Waals surface area contributed by atoms with Crippen LogP contribution >= 0.6 is 11.3 Å². The third-order valence-corrected chi connectivity index (χ3v) is 3.38. The molecule has 0 spiro atoms. The van der Waals surface area contributed by atoms with Crippen LogP contribution in [-0.2, 0) is 6.42 Å². The summed E-state index contributed by atoms with van der Waals surface area (Å²) in [7, 11) is 0. The molecular formula is C13H10F2OS. The number of carbonyl (C=O) groups is 1. The van der Waals surface area contributed by atoms with E-state index in [0.717, 1.165) is 23.8 Å². The first-order valence-corrected chi connectivity index (χ1v) is 6.02. The molecule has 88 valence electrons. The van der Waals surface area contributed by atoms with Crippen molar-refractivity contribution in [1.82, 2.24) is 0 Å². The van der Waals surface area contributed by atoms with Crippen molar-refractivity contribution in [3.63, 3.8) is 0 Å². The normalized spacial score (nSPS) is 10.5. The van der Waals surface area contributed by atoms with Crippen LogP contribution in [0.15, 0.2) is 29.0 Å². The predicted molar refractivity (Wildman–Crippen MR) is 63.4 cm³/mol. The van der Waals surface area contributed by atoms with E-state index in [9.17, 15) is 13.6 Å². The molecule has 0 unspecified atom stereocenters. The summed E-state index contributed by atoms with van der Waals surface area (Å²) in [5, 5.41) is 3.59. The zero-order valence-electron chi connectivity index (χ0n) is 9.17. The van der Waals surface area contributed by atoms with Gasteiger partial charge >= 0.3 is 0 Å². The lowest BCUT2D eigenvalue weighted by molar-refractivity contribution is 0.0991. The van der Waals surface area contributed by atoms with Crippen molar-refractivity contribution in [2.75, 3.05) is 0 Å². The van der Waals surface area contributed by atoms with E-state index in [0.29, 0.717) is 5.56 Å². The van der Waals surface area contributed by atoms with E-state index < -0.39 is 11.6 Å². The lowest BCUT2D eigenvalue weighted by Crippen LogP contribution is -2.05. The maximum atomic E-state index is 13.4. The summed E-state index contributed by atoms with van der Waals surface area (Å²) < 4.78 is 26.3. The maximum Gasteiger partial charge on any atom is 0.168 e. The number of aryl methyl sites for hydroxylation is 1. The highest BCUT2D eigenvalue weighted by Gasteiger charge is 2.13. The van der Waals surface area contributed by atoms with Gasteiger partial charge < -0.3 is 0 Å². The van der Waals surface area contributed by atoms with Crippen molar-refractivity contribution in [3.8, 4) is 0 Å². The Labute approximate surface area is 102 Å². The molecule has 17 heavy (non-hydrogen) atoms. The smallest absolute Gasteiger partial charge is 0.168 e. The second-order valence-electron chi connectivity index (χ2n) is 3.80. The van der Waals surface area contributed by atoms with Crippen molar-refractivity contribution in [1.29, 1.82) is 0 Å². The quantitative estimate of drug-likeness (QED) is 0.760. The van der Waals surface area contributed by atoms with Crippen LogP contribution in [-0.4, -0.2) is 5.78 Å².